The molecule has 2 unspecified atom stereocenters. The molecule has 11 heavy (non-hydrogen) atoms. The Labute approximate surface area is 91.9 Å². The van der Waals surface area contributed by atoms with Crippen LogP contribution in [0.5, 0.6) is 0 Å². The van der Waals surface area contributed by atoms with Crippen molar-refractivity contribution in [3.05, 3.63) is 5.32 Å². The van der Waals surface area contributed by atoms with Crippen LogP contribution < -0.4 is 0 Å². The second kappa shape index (κ2) is 5.35. The SMILES string of the molecule is CC(=O)C1C[N-]CCC1C.[U]. The van der Waals surface area contributed by atoms with E-state index in [0.717, 1.165) is 19.5 Å². The van der Waals surface area contributed by atoms with Crippen LogP contribution in [0.15, 0.2) is 0 Å². The average Bonchev–Trinajstić information content (AvgIpc) is 1.88. The van der Waals surface area contributed by atoms with Crippen LogP contribution in [0.2, 0.25) is 0 Å². The molecule has 0 aromatic rings. The van der Waals surface area contributed by atoms with Crippen molar-refractivity contribution in [2.45, 2.75) is 20.3 Å². The molecule has 1 fully saturated rings. The van der Waals surface area contributed by atoms with E-state index in [4.69, 9.17) is 0 Å². The maximum Gasteiger partial charge on any atom is 0.131 e. The van der Waals surface area contributed by atoms with Gasteiger partial charge in [-0.3, -0.25) is 4.79 Å². The summed E-state index contributed by atoms with van der Waals surface area (Å²) in [4.78, 5) is 10.9. The molecule has 1 aliphatic rings. The summed E-state index contributed by atoms with van der Waals surface area (Å²) >= 11 is 0. The van der Waals surface area contributed by atoms with Crippen molar-refractivity contribution in [1.82, 2.24) is 0 Å². The molecule has 3 heteroatoms. The number of nitrogens with zero attached hydrogens (tertiary/aromatic N) is 1. The van der Waals surface area contributed by atoms with Gasteiger partial charge in [-0.05, 0) is 12.8 Å². The summed E-state index contributed by atoms with van der Waals surface area (Å²) in [6, 6.07) is 0. The third-order valence-electron chi connectivity index (χ3n) is 2.28. The van der Waals surface area contributed by atoms with Gasteiger partial charge in [0.2, 0.25) is 0 Å². The van der Waals surface area contributed by atoms with E-state index in [1.54, 1.807) is 6.92 Å². The normalized spacial score (nSPS) is 30.7. The minimum atomic E-state index is 0. The van der Waals surface area contributed by atoms with Gasteiger partial charge in [0, 0.05) is 37.0 Å². The maximum absolute atomic E-state index is 10.9. The number of hydrogen-bond acceptors (Lipinski definition) is 1. The van der Waals surface area contributed by atoms with E-state index in [0.29, 0.717) is 11.7 Å². The molecule has 1 saturated heterocycles. The van der Waals surface area contributed by atoms with E-state index in [1.165, 1.54) is 0 Å². The molecule has 0 aromatic carbocycles. The molecule has 1 rings (SSSR count). The van der Waals surface area contributed by atoms with Crippen molar-refractivity contribution in [1.29, 1.82) is 0 Å². The number of Topliss-reactive ketones (excluding diaryl/α,β-unsaturated/α-hetero) is 1. The molecule has 0 aliphatic carbocycles. The van der Waals surface area contributed by atoms with Crippen molar-refractivity contribution in [2.75, 3.05) is 13.1 Å². The first-order valence-electron chi connectivity index (χ1n) is 3.85. The molecule has 62 valence electrons. The maximum atomic E-state index is 10.9. The number of ketones is 1. The zero-order chi connectivity index (χ0) is 7.56. The molecule has 1 aliphatic heterocycles. The Morgan fingerprint density at radius 1 is 1.55 bits per heavy atom. The third-order valence-corrected chi connectivity index (χ3v) is 2.28. The van der Waals surface area contributed by atoms with Crippen LogP contribution in [0.4, 0.5) is 0 Å². The van der Waals surface area contributed by atoms with Gasteiger partial charge in [0.05, 0.1) is 0 Å². The summed E-state index contributed by atoms with van der Waals surface area (Å²) in [6.45, 7) is 5.52. The number of hydrogen-bond donors (Lipinski definition) is 0. The van der Waals surface area contributed by atoms with Crippen LogP contribution in [0, 0.1) is 42.9 Å². The number of rotatable bonds is 1. The molecular weight excluding hydrogens is 364 g/mol. The molecule has 0 aromatic heterocycles. The van der Waals surface area contributed by atoms with Gasteiger partial charge < -0.3 is 5.32 Å². The molecule has 2 nitrogen and oxygen atoms in total. The van der Waals surface area contributed by atoms with Gasteiger partial charge in [-0.1, -0.05) is 13.3 Å². The van der Waals surface area contributed by atoms with E-state index in [1.807, 2.05) is 0 Å². The topological polar surface area (TPSA) is 31.2 Å². The number of piperidine rings is 1. The van der Waals surface area contributed by atoms with Crippen LogP contribution >= 0.6 is 0 Å². The first-order valence-corrected chi connectivity index (χ1v) is 3.85. The monoisotopic (exact) mass is 378 g/mol. The first-order chi connectivity index (χ1) is 4.72. The Hall–Kier alpha value is 0.682. The molecule has 0 spiro atoms. The van der Waals surface area contributed by atoms with Crippen LogP contribution in [-0.2, 0) is 4.79 Å². The predicted molar refractivity (Wildman–Crippen MR) is 41.0 cm³/mol. The van der Waals surface area contributed by atoms with E-state index < -0.39 is 0 Å². The van der Waals surface area contributed by atoms with E-state index in [2.05, 4.69) is 12.2 Å². The summed E-state index contributed by atoms with van der Waals surface area (Å²) in [5, 5.41) is 4.21. The smallest absolute Gasteiger partial charge is 0.131 e. The predicted octanol–water partition coefficient (Wildman–Crippen LogP) is 1.61. The Bertz CT molecular complexity index is 138. The fourth-order valence-corrected chi connectivity index (χ4v) is 1.44. The van der Waals surface area contributed by atoms with E-state index >= 15 is 0 Å². The van der Waals surface area contributed by atoms with Gasteiger partial charge in [0.25, 0.3) is 0 Å². The van der Waals surface area contributed by atoms with Crippen molar-refractivity contribution in [3.63, 3.8) is 0 Å². The summed E-state index contributed by atoms with van der Waals surface area (Å²) in [5.41, 5.74) is 0. The van der Waals surface area contributed by atoms with Crippen LogP contribution in [-0.4, -0.2) is 18.9 Å². The van der Waals surface area contributed by atoms with Gasteiger partial charge in [0.15, 0.2) is 0 Å². The third kappa shape index (κ3) is 3.27. The van der Waals surface area contributed by atoms with E-state index in [9.17, 15) is 4.79 Å². The molecule has 0 saturated carbocycles. The number of carbonyl (C=O) groups is 1. The van der Waals surface area contributed by atoms with Gasteiger partial charge in [-0.25, -0.2) is 0 Å². The standard InChI is InChI=1S/C8H14NO.U/c1-6-3-4-9-5-8(6)7(2)10;/h6,8H,3-5H2,1-2H3;/q-1;. The Kier molecular flexibility index (Phi) is 5.68. The summed E-state index contributed by atoms with van der Waals surface area (Å²) in [7, 11) is 0. The summed E-state index contributed by atoms with van der Waals surface area (Å²) < 4.78 is 0. The molecule has 0 amide bonds. The zero-order valence-electron chi connectivity index (χ0n) is 7.13. The van der Waals surface area contributed by atoms with Crippen molar-refractivity contribution in [2.24, 2.45) is 11.8 Å². The molecular formula is C8H14NOU-. The summed E-state index contributed by atoms with van der Waals surface area (Å²) in [6.07, 6.45) is 1.09. The van der Waals surface area contributed by atoms with Crippen molar-refractivity contribution < 1.29 is 35.9 Å². The molecule has 1 heterocycles. The van der Waals surface area contributed by atoms with Crippen molar-refractivity contribution in [3.8, 4) is 0 Å². The van der Waals surface area contributed by atoms with Crippen molar-refractivity contribution >= 4 is 5.78 Å². The van der Waals surface area contributed by atoms with Gasteiger partial charge in [0.1, 0.15) is 5.78 Å². The van der Waals surface area contributed by atoms with Crippen LogP contribution in [0.1, 0.15) is 20.3 Å². The second-order valence-electron chi connectivity index (χ2n) is 3.11. The van der Waals surface area contributed by atoms with Gasteiger partial charge in [-0.15, -0.1) is 13.1 Å². The van der Waals surface area contributed by atoms with Gasteiger partial charge >= 0.3 is 0 Å². The minimum Gasteiger partial charge on any atom is -0.662 e. The van der Waals surface area contributed by atoms with E-state index in [-0.39, 0.29) is 37.0 Å². The minimum absolute atomic E-state index is 0. The summed E-state index contributed by atoms with van der Waals surface area (Å²) in [5.74, 6) is 1.07. The Morgan fingerprint density at radius 3 is 2.55 bits per heavy atom. The average molecular weight is 378 g/mol. The first kappa shape index (κ1) is 11.7. The fraction of sp³-hybridized carbons (Fsp3) is 0.875. The van der Waals surface area contributed by atoms with Crippen LogP contribution in [0.25, 0.3) is 5.32 Å². The zero-order valence-corrected chi connectivity index (χ0v) is 11.3. The van der Waals surface area contributed by atoms with Crippen LogP contribution in [0.3, 0.4) is 0 Å². The second-order valence-corrected chi connectivity index (χ2v) is 3.11. The molecule has 0 bridgehead atoms. The largest absolute Gasteiger partial charge is 0.662 e. The molecule has 2 atom stereocenters. The Morgan fingerprint density at radius 2 is 2.18 bits per heavy atom. The number of carbonyl (C=O) groups excluding carboxylic acids is 1. The molecule has 0 radical (unpaired) electrons. The molecule has 0 N–H and O–H groups in total. The quantitative estimate of drug-likeness (QED) is 0.682. The fourth-order valence-electron chi connectivity index (χ4n) is 1.44. The van der Waals surface area contributed by atoms with Gasteiger partial charge in [-0.2, -0.15) is 0 Å². The Balaban J connectivity index is 0.000001000.